The zero-order chi connectivity index (χ0) is 10.2. The molecule has 0 aliphatic rings. The van der Waals surface area contributed by atoms with Crippen molar-refractivity contribution in [1.29, 1.82) is 0 Å². The SMILES string of the molecule is CC=CCOP(=O)(O)OCC=CC. The van der Waals surface area contributed by atoms with Crippen LogP contribution in [0.5, 0.6) is 0 Å². The van der Waals surface area contributed by atoms with Crippen molar-refractivity contribution in [3.63, 3.8) is 0 Å². The van der Waals surface area contributed by atoms with Crippen LogP contribution in [0.4, 0.5) is 0 Å². The molecule has 0 atom stereocenters. The standard InChI is InChI=1S/C8H15O4P/c1-3-5-7-11-13(9,10)12-8-6-4-2/h3-6H,7-8H2,1-2H3,(H,9,10). The molecule has 0 spiro atoms. The van der Waals surface area contributed by atoms with Crippen molar-refractivity contribution in [3.8, 4) is 0 Å². The van der Waals surface area contributed by atoms with Gasteiger partial charge in [0.1, 0.15) is 0 Å². The molecule has 1 N–H and O–H groups in total. The molecule has 76 valence electrons. The topological polar surface area (TPSA) is 55.8 Å². The molecule has 0 bridgehead atoms. The van der Waals surface area contributed by atoms with Gasteiger partial charge in [0.2, 0.25) is 0 Å². The van der Waals surface area contributed by atoms with E-state index >= 15 is 0 Å². The highest BCUT2D eigenvalue weighted by molar-refractivity contribution is 7.47. The lowest BCUT2D eigenvalue weighted by atomic mass is 10.6. The van der Waals surface area contributed by atoms with Crippen LogP contribution in [0.3, 0.4) is 0 Å². The molecular formula is C8H15O4P. The average Bonchev–Trinajstić information content (AvgIpc) is 2.05. The summed E-state index contributed by atoms with van der Waals surface area (Å²) in [5.74, 6) is 0. The Morgan fingerprint density at radius 2 is 1.54 bits per heavy atom. The van der Waals surface area contributed by atoms with E-state index in [1.54, 1.807) is 38.2 Å². The fourth-order valence-corrected chi connectivity index (χ4v) is 1.13. The molecule has 0 saturated heterocycles. The van der Waals surface area contributed by atoms with Crippen molar-refractivity contribution >= 4 is 7.82 Å². The third kappa shape index (κ3) is 7.94. The Hall–Kier alpha value is -0.410. The molecular weight excluding hydrogens is 191 g/mol. The van der Waals surface area contributed by atoms with Gasteiger partial charge in [-0.25, -0.2) is 4.57 Å². The zero-order valence-corrected chi connectivity index (χ0v) is 8.74. The number of allylic oxidation sites excluding steroid dienone is 2. The van der Waals surface area contributed by atoms with Crippen LogP contribution in [0.15, 0.2) is 24.3 Å². The number of hydrogen-bond acceptors (Lipinski definition) is 3. The Morgan fingerprint density at radius 1 is 1.15 bits per heavy atom. The number of phosphoric ester groups is 1. The molecule has 0 aliphatic heterocycles. The Morgan fingerprint density at radius 3 is 1.85 bits per heavy atom. The fraction of sp³-hybridized carbons (Fsp3) is 0.500. The maximum atomic E-state index is 11.0. The molecule has 0 aromatic carbocycles. The van der Waals surface area contributed by atoms with Crippen LogP contribution in [0.1, 0.15) is 13.8 Å². The van der Waals surface area contributed by atoms with Gasteiger partial charge in [0.15, 0.2) is 0 Å². The van der Waals surface area contributed by atoms with Crippen LogP contribution in [0.2, 0.25) is 0 Å². The summed E-state index contributed by atoms with van der Waals surface area (Å²) >= 11 is 0. The molecule has 0 heterocycles. The van der Waals surface area contributed by atoms with Gasteiger partial charge in [-0.05, 0) is 13.8 Å². The summed E-state index contributed by atoms with van der Waals surface area (Å²) < 4.78 is 20.2. The Labute approximate surface area is 78.5 Å². The van der Waals surface area contributed by atoms with E-state index in [0.29, 0.717) is 0 Å². The summed E-state index contributed by atoms with van der Waals surface area (Å²) in [7, 11) is -3.85. The van der Waals surface area contributed by atoms with Gasteiger partial charge >= 0.3 is 7.82 Å². The van der Waals surface area contributed by atoms with Gasteiger partial charge in [0.05, 0.1) is 13.2 Å². The van der Waals surface area contributed by atoms with E-state index in [2.05, 4.69) is 9.05 Å². The van der Waals surface area contributed by atoms with Crippen molar-refractivity contribution in [3.05, 3.63) is 24.3 Å². The van der Waals surface area contributed by atoms with Crippen LogP contribution in [-0.4, -0.2) is 18.1 Å². The van der Waals surface area contributed by atoms with Gasteiger partial charge in [-0.15, -0.1) is 0 Å². The highest BCUT2D eigenvalue weighted by Crippen LogP contribution is 2.42. The molecule has 0 unspecified atom stereocenters. The second-order valence-electron chi connectivity index (χ2n) is 2.20. The molecule has 0 saturated carbocycles. The molecule has 4 nitrogen and oxygen atoms in total. The van der Waals surface area contributed by atoms with Crippen LogP contribution in [-0.2, 0) is 13.6 Å². The predicted molar refractivity (Wildman–Crippen MR) is 51.4 cm³/mol. The summed E-state index contributed by atoms with van der Waals surface area (Å²) in [4.78, 5) is 9.01. The lowest BCUT2D eigenvalue weighted by Crippen LogP contribution is -1.95. The van der Waals surface area contributed by atoms with Gasteiger partial charge in [0.25, 0.3) is 0 Å². The zero-order valence-electron chi connectivity index (χ0n) is 7.84. The third-order valence-electron chi connectivity index (χ3n) is 1.14. The molecule has 0 aromatic heterocycles. The molecule has 5 heteroatoms. The largest absolute Gasteiger partial charge is 0.472 e. The Balaban J connectivity index is 3.73. The van der Waals surface area contributed by atoms with Gasteiger partial charge in [0, 0.05) is 0 Å². The minimum absolute atomic E-state index is 0.0834. The first-order valence-electron chi connectivity index (χ1n) is 3.96. The molecule has 0 aromatic rings. The van der Waals surface area contributed by atoms with Crippen LogP contribution in [0, 0.1) is 0 Å². The van der Waals surface area contributed by atoms with E-state index in [0.717, 1.165) is 0 Å². The molecule has 0 rings (SSSR count). The van der Waals surface area contributed by atoms with Crippen LogP contribution >= 0.6 is 7.82 Å². The molecule has 0 amide bonds. The van der Waals surface area contributed by atoms with Crippen LogP contribution in [0.25, 0.3) is 0 Å². The summed E-state index contributed by atoms with van der Waals surface area (Å²) in [6.45, 7) is 3.76. The Kier molecular flexibility index (Phi) is 6.82. The van der Waals surface area contributed by atoms with Gasteiger partial charge < -0.3 is 4.89 Å². The highest BCUT2D eigenvalue weighted by Gasteiger charge is 2.18. The molecule has 13 heavy (non-hydrogen) atoms. The van der Waals surface area contributed by atoms with Crippen LogP contribution < -0.4 is 0 Å². The summed E-state index contributed by atoms with van der Waals surface area (Å²) in [6, 6.07) is 0. The third-order valence-corrected chi connectivity index (χ3v) is 2.09. The monoisotopic (exact) mass is 206 g/mol. The van der Waals surface area contributed by atoms with Crippen molar-refractivity contribution in [2.75, 3.05) is 13.2 Å². The van der Waals surface area contributed by atoms with Gasteiger partial charge in [-0.1, -0.05) is 24.3 Å². The summed E-state index contributed by atoms with van der Waals surface area (Å²) in [6.07, 6.45) is 6.71. The maximum Gasteiger partial charge on any atom is 0.472 e. The first-order chi connectivity index (χ1) is 6.12. The Bertz CT molecular complexity index is 202. The van der Waals surface area contributed by atoms with Crippen molar-refractivity contribution in [1.82, 2.24) is 0 Å². The first-order valence-corrected chi connectivity index (χ1v) is 5.46. The number of phosphoric acid groups is 1. The van der Waals surface area contributed by atoms with E-state index in [-0.39, 0.29) is 13.2 Å². The lowest BCUT2D eigenvalue weighted by Gasteiger charge is -2.08. The molecule has 0 aliphatic carbocycles. The number of rotatable bonds is 6. The predicted octanol–water partition coefficient (Wildman–Crippen LogP) is 2.27. The normalized spacial score (nSPS) is 16.8. The number of hydrogen-bond donors (Lipinski definition) is 1. The van der Waals surface area contributed by atoms with Crippen molar-refractivity contribution in [2.24, 2.45) is 0 Å². The second-order valence-corrected chi connectivity index (χ2v) is 3.65. The minimum Gasteiger partial charge on any atom is -0.302 e. The maximum absolute atomic E-state index is 11.0. The molecule has 0 fully saturated rings. The quantitative estimate of drug-likeness (QED) is 0.535. The van der Waals surface area contributed by atoms with E-state index in [1.807, 2.05) is 0 Å². The van der Waals surface area contributed by atoms with E-state index in [4.69, 9.17) is 4.89 Å². The minimum atomic E-state index is -3.85. The van der Waals surface area contributed by atoms with Gasteiger partial charge in [-0.3, -0.25) is 9.05 Å². The van der Waals surface area contributed by atoms with E-state index in [1.165, 1.54) is 0 Å². The smallest absolute Gasteiger partial charge is 0.302 e. The lowest BCUT2D eigenvalue weighted by molar-refractivity contribution is 0.174. The fourth-order valence-electron chi connectivity index (χ4n) is 0.504. The van der Waals surface area contributed by atoms with E-state index < -0.39 is 7.82 Å². The van der Waals surface area contributed by atoms with Crippen molar-refractivity contribution < 1.29 is 18.5 Å². The second kappa shape index (κ2) is 7.04. The molecule has 0 radical (unpaired) electrons. The summed E-state index contributed by atoms with van der Waals surface area (Å²) in [5.41, 5.74) is 0. The highest BCUT2D eigenvalue weighted by atomic mass is 31.2. The van der Waals surface area contributed by atoms with Gasteiger partial charge in [-0.2, -0.15) is 0 Å². The van der Waals surface area contributed by atoms with Crippen molar-refractivity contribution in [2.45, 2.75) is 13.8 Å². The average molecular weight is 206 g/mol. The van der Waals surface area contributed by atoms with E-state index in [9.17, 15) is 4.57 Å². The first kappa shape index (κ1) is 12.6. The summed E-state index contributed by atoms with van der Waals surface area (Å²) in [5, 5.41) is 0.